The van der Waals surface area contributed by atoms with Gasteiger partial charge in [-0.25, -0.2) is 9.97 Å². The molecule has 0 bridgehead atoms. The van der Waals surface area contributed by atoms with E-state index in [0.29, 0.717) is 0 Å². The topological polar surface area (TPSA) is 37.8 Å². The molecule has 4 heteroatoms. The molecule has 2 heterocycles. The number of rotatable bonds is 4. The highest BCUT2D eigenvalue weighted by Crippen LogP contribution is 2.26. The van der Waals surface area contributed by atoms with Crippen molar-refractivity contribution in [3.05, 3.63) is 45.7 Å². The molecule has 0 saturated heterocycles. The van der Waals surface area contributed by atoms with Gasteiger partial charge >= 0.3 is 0 Å². The number of aromatic nitrogens is 2. The Morgan fingerprint density at radius 2 is 2.18 bits per heavy atom. The predicted molar refractivity (Wildman–Crippen MR) is 71.3 cm³/mol. The van der Waals surface area contributed by atoms with Crippen LogP contribution in [-0.2, 0) is 0 Å². The van der Waals surface area contributed by atoms with E-state index in [0.717, 1.165) is 18.1 Å². The molecular weight excluding hydrogens is 230 g/mol. The monoisotopic (exact) mass is 247 g/mol. The number of aryl methyl sites for hydroxylation is 2. The van der Waals surface area contributed by atoms with Gasteiger partial charge in [-0.1, -0.05) is 6.92 Å². The fourth-order valence-electron chi connectivity index (χ4n) is 1.91. The minimum absolute atomic E-state index is 0.174. The van der Waals surface area contributed by atoms with Crippen molar-refractivity contribution in [3.8, 4) is 0 Å². The third-order valence-electron chi connectivity index (χ3n) is 2.71. The molecule has 90 valence electrons. The molecule has 2 aromatic rings. The summed E-state index contributed by atoms with van der Waals surface area (Å²) in [5.74, 6) is 0.818. The van der Waals surface area contributed by atoms with Crippen molar-refractivity contribution in [1.29, 1.82) is 0 Å². The van der Waals surface area contributed by atoms with Gasteiger partial charge in [-0.2, -0.15) is 0 Å². The highest BCUT2D eigenvalue weighted by molar-refractivity contribution is 7.10. The quantitative estimate of drug-likeness (QED) is 0.902. The molecule has 2 aromatic heterocycles. The minimum atomic E-state index is 0.174. The maximum Gasteiger partial charge on any atom is 0.125 e. The lowest BCUT2D eigenvalue weighted by atomic mass is 10.0. The molecule has 0 aromatic carbocycles. The van der Waals surface area contributed by atoms with E-state index in [9.17, 15) is 0 Å². The molecule has 0 amide bonds. The van der Waals surface area contributed by atoms with Crippen LogP contribution in [0.2, 0.25) is 0 Å². The lowest BCUT2D eigenvalue weighted by molar-refractivity contribution is 0.611. The smallest absolute Gasteiger partial charge is 0.125 e. The van der Waals surface area contributed by atoms with Gasteiger partial charge in [-0.3, -0.25) is 0 Å². The molecular formula is C13H17N3S. The zero-order valence-corrected chi connectivity index (χ0v) is 11.2. The van der Waals surface area contributed by atoms with Crippen molar-refractivity contribution < 1.29 is 0 Å². The second-order valence-corrected chi connectivity index (χ2v) is 5.07. The molecule has 1 unspecified atom stereocenters. The minimum Gasteiger partial charge on any atom is -0.305 e. The van der Waals surface area contributed by atoms with Gasteiger partial charge in [0.25, 0.3) is 0 Å². The van der Waals surface area contributed by atoms with Crippen molar-refractivity contribution in [3.63, 3.8) is 0 Å². The van der Waals surface area contributed by atoms with Gasteiger partial charge in [0.2, 0.25) is 0 Å². The van der Waals surface area contributed by atoms with Crippen LogP contribution in [0.3, 0.4) is 0 Å². The Kier molecular flexibility index (Phi) is 3.86. The second kappa shape index (κ2) is 5.38. The van der Waals surface area contributed by atoms with E-state index >= 15 is 0 Å². The molecule has 0 radical (unpaired) electrons. The molecule has 0 aliphatic carbocycles. The lowest BCUT2D eigenvalue weighted by Crippen LogP contribution is -2.23. The fourth-order valence-corrected chi connectivity index (χ4v) is 2.65. The van der Waals surface area contributed by atoms with Crippen LogP contribution in [0.1, 0.15) is 34.9 Å². The summed E-state index contributed by atoms with van der Waals surface area (Å²) in [6.45, 7) is 7.11. The Hall–Kier alpha value is -1.26. The Morgan fingerprint density at radius 3 is 2.76 bits per heavy atom. The first-order valence-corrected chi connectivity index (χ1v) is 6.67. The molecule has 3 nitrogen and oxygen atoms in total. The van der Waals surface area contributed by atoms with E-state index in [4.69, 9.17) is 0 Å². The molecule has 2 rings (SSSR count). The first kappa shape index (κ1) is 12.2. The molecule has 0 aliphatic rings. The van der Waals surface area contributed by atoms with Crippen LogP contribution in [0.4, 0.5) is 0 Å². The van der Waals surface area contributed by atoms with Gasteiger partial charge in [0.15, 0.2) is 0 Å². The van der Waals surface area contributed by atoms with E-state index in [2.05, 4.69) is 40.6 Å². The van der Waals surface area contributed by atoms with Crippen LogP contribution in [0.25, 0.3) is 0 Å². The number of nitrogens with one attached hydrogen (secondary N) is 1. The predicted octanol–water partition coefficient (Wildman–Crippen LogP) is 2.85. The van der Waals surface area contributed by atoms with Gasteiger partial charge in [-0.15, -0.1) is 11.3 Å². The third kappa shape index (κ3) is 2.70. The first-order chi connectivity index (χ1) is 8.22. The highest BCUT2D eigenvalue weighted by Gasteiger charge is 2.17. The molecule has 1 N–H and O–H groups in total. The zero-order valence-electron chi connectivity index (χ0n) is 10.4. The van der Waals surface area contributed by atoms with Crippen LogP contribution in [0.5, 0.6) is 0 Å². The Labute approximate surface area is 106 Å². The maximum absolute atomic E-state index is 4.52. The van der Waals surface area contributed by atoms with Crippen molar-refractivity contribution in [2.24, 2.45) is 0 Å². The SMILES string of the molecule is CCNC(c1ccnc(C)n1)c1ccsc1C. The van der Waals surface area contributed by atoms with E-state index < -0.39 is 0 Å². The van der Waals surface area contributed by atoms with Gasteiger partial charge < -0.3 is 5.32 Å². The van der Waals surface area contributed by atoms with Gasteiger partial charge in [0.05, 0.1) is 11.7 Å². The number of hydrogen-bond acceptors (Lipinski definition) is 4. The lowest BCUT2D eigenvalue weighted by Gasteiger charge is -2.17. The molecule has 1 atom stereocenters. The fraction of sp³-hybridized carbons (Fsp3) is 0.385. The zero-order chi connectivity index (χ0) is 12.3. The van der Waals surface area contributed by atoms with Gasteiger partial charge in [-0.05, 0) is 43.5 Å². The third-order valence-corrected chi connectivity index (χ3v) is 3.57. The van der Waals surface area contributed by atoms with Crippen LogP contribution in [-0.4, -0.2) is 16.5 Å². The van der Waals surface area contributed by atoms with E-state index in [1.807, 2.05) is 19.2 Å². The Morgan fingerprint density at radius 1 is 1.35 bits per heavy atom. The van der Waals surface area contributed by atoms with Crippen molar-refractivity contribution in [2.75, 3.05) is 6.54 Å². The van der Waals surface area contributed by atoms with Crippen LogP contribution in [0.15, 0.2) is 23.7 Å². The normalized spacial score (nSPS) is 12.6. The van der Waals surface area contributed by atoms with Crippen LogP contribution >= 0.6 is 11.3 Å². The first-order valence-electron chi connectivity index (χ1n) is 5.79. The van der Waals surface area contributed by atoms with E-state index in [-0.39, 0.29) is 6.04 Å². The van der Waals surface area contributed by atoms with Gasteiger partial charge in [0.1, 0.15) is 5.82 Å². The number of hydrogen-bond donors (Lipinski definition) is 1. The second-order valence-electron chi connectivity index (χ2n) is 3.95. The summed E-state index contributed by atoms with van der Waals surface area (Å²) in [5.41, 5.74) is 2.36. The summed E-state index contributed by atoms with van der Waals surface area (Å²) < 4.78 is 0. The van der Waals surface area contributed by atoms with Crippen molar-refractivity contribution in [2.45, 2.75) is 26.8 Å². The summed E-state index contributed by atoms with van der Waals surface area (Å²) in [4.78, 5) is 10.0. The van der Waals surface area contributed by atoms with E-state index in [1.165, 1.54) is 10.4 Å². The Balaban J connectivity index is 2.39. The van der Waals surface area contributed by atoms with Gasteiger partial charge in [0, 0.05) is 11.1 Å². The highest BCUT2D eigenvalue weighted by atomic mass is 32.1. The van der Waals surface area contributed by atoms with Crippen molar-refractivity contribution >= 4 is 11.3 Å². The van der Waals surface area contributed by atoms with Crippen LogP contribution in [0, 0.1) is 13.8 Å². The molecule has 0 saturated carbocycles. The average Bonchev–Trinajstić information content (AvgIpc) is 2.72. The molecule has 0 spiro atoms. The molecule has 17 heavy (non-hydrogen) atoms. The standard InChI is InChI=1S/C13H17N3S/c1-4-14-13(11-6-8-17-9(11)2)12-5-7-15-10(3)16-12/h5-8,13-14H,4H2,1-3H3. The van der Waals surface area contributed by atoms with Crippen molar-refractivity contribution in [1.82, 2.24) is 15.3 Å². The largest absolute Gasteiger partial charge is 0.305 e. The molecule has 0 aliphatic heterocycles. The summed E-state index contributed by atoms with van der Waals surface area (Å²) in [5, 5.41) is 5.61. The number of thiophene rings is 1. The average molecular weight is 247 g/mol. The summed E-state index contributed by atoms with van der Waals surface area (Å²) in [7, 11) is 0. The van der Waals surface area contributed by atoms with E-state index in [1.54, 1.807) is 11.3 Å². The maximum atomic E-state index is 4.52. The molecule has 0 fully saturated rings. The Bertz CT molecular complexity index is 493. The summed E-state index contributed by atoms with van der Waals surface area (Å²) in [6.07, 6.45) is 1.82. The summed E-state index contributed by atoms with van der Waals surface area (Å²) >= 11 is 1.77. The summed E-state index contributed by atoms with van der Waals surface area (Å²) in [6, 6.07) is 4.33. The number of nitrogens with zero attached hydrogens (tertiary/aromatic N) is 2. The van der Waals surface area contributed by atoms with Crippen LogP contribution < -0.4 is 5.32 Å².